The predicted octanol–water partition coefficient (Wildman–Crippen LogP) is 4.73. The average molecular weight is 281 g/mol. The molecule has 0 amide bonds. The van der Waals surface area contributed by atoms with E-state index in [4.69, 9.17) is 4.74 Å². The van der Waals surface area contributed by atoms with Crippen LogP contribution in [0.25, 0.3) is 0 Å². The minimum absolute atomic E-state index is 0.499. The fourth-order valence-electron chi connectivity index (χ4n) is 1.70. The van der Waals surface area contributed by atoms with Gasteiger partial charge in [0.1, 0.15) is 12.4 Å². The molecule has 0 saturated heterocycles. The highest BCUT2D eigenvalue weighted by Gasteiger charge is 1.96. The smallest absolute Gasteiger partial charge is 0.119 e. The van der Waals surface area contributed by atoms with Crippen LogP contribution in [0.1, 0.15) is 0 Å². The number of rotatable bonds is 6. The molecule has 0 heterocycles. The van der Waals surface area contributed by atoms with Gasteiger partial charge in [0.15, 0.2) is 0 Å². The molecule has 0 saturated carbocycles. The van der Waals surface area contributed by atoms with E-state index in [1.165, 1.54) is 0 Å². The van der Waals surface area contributed by atoms with E-state index in [0.29, 0.717) is 6.61 Å². The fourth-order valence-corrected chi connectivity index (χ4v) is 1.70. The summed E-state index contributed by atoms with van der Waals surface area (Å²) in [5.41, 5.74) is 2.75. The van der Waals surface area contributed by atoms with Gasteiger partial charge in [-0.3, -0.25) is 0 Å². The Morgan fingerprint density at radius 2 is 1.48 bits per heavy atom. The van der Waals surface area contributed by atoms with Crippen LogP contribution >= 0.6 is 0 Å². The molecule has 0 bridgehead atoms. The third kappa shape index (κ3) is 4.45. The second-order valence-electron chi connectivity index (χ2n) is 4.70. The van der Waals surface area contributed by atoms with Gasteiger partial charge in [-0.25, -0.2) is 0 Å². The van der Waals surface area contributed by atoms with Crippen molar-refractivity contribution in [1.82, 2.24) is 0 Å². The summed E-state index contributed by atoms with van der Waals surface area (Å²) in [5, 5.41) is 8.43. The molecule has 2 rings (SSSR count). The number of benzene rings is 2. The Morgan fingerprint density at radius 3 is 1.95 bits per heavy atom. The summed E-state index contributed by atoms with van der Waals surface area (Å²) in [6, 6.07) is 15.4. The Kier molecular flexibility index (Phi) is 5.10. The van der Waals surface area contributed by atoms with Gasteiger partial charge in [0, 0.05) is 19.8 Å². The molecule has 0 radical (unpaired) electrons. The number of nitrogens with zero attached hydrogens (tertiary/aromatic N) is 3. The lowest BCUT2D eigenvalue weighted by atomic mass is 10.3. The molecule has 0 aliphatic rings. The molecule has 0 N–H and O–H groups in total. The fraction of sp³-hybridized carbons (Fsp3) is 0.176. The molecule has 4 heteroatoms. The van der Waals surface area contributed by atoms with Crippen LogP contribution in [0.15, 0.2) is 71.4 Å². The monoisotopic (exact) mass is 281 g/mol. The summed E-state index contributed by atoms with van der Waals surface area (Å²) in [6.07, 6.45) is 1.71. The molecular formula is C17H19N3O. The molecule has 2 aromatic rings. The summed E-state index contributed by atoms with van der Waals surface area (Å²) in [4.78, 5) is 2.04. The Morgan fingerprint density at radius 1 is 0.952 bits per heavy atom. The molecule has 0 aliphatic carbocycles. The molecule has 0 fully saturated rings. The minimum atomic E-state index is 0.499. The van der Waals surface area contributed by atoms with Gasteiger partial charge in [0.2, 0.25) is 0 Å². The highest BCUT2D eigenvalue weighted by atomic mass is 16.5. The van der Waals surface area contributed by atoms with E-state index >= 15 is 0 Å². The first-order valence-corrected chi connectivity index (χ1v) is 6.72. The van der Waals surface area contributed by atoms with Crippen LogP contribution < -0.4 is 9.64 Å². The normalized spacial score (nSPS) is 10.6. The molecule has 0 atom stereocenters. The summed E-state index contributed by atoms with van der Waals surface area (Å²) in [6.45, 7) is 4.11. The standard InChI is InChI=1S/C17H19N3O/c1-4-13-21-17-11-7-15(8-12-17)19-18-14-5-9-16(10-6-14)20(2)3/h4-12H,1,13H2,2-3H3/b19-18+. The lowest BCUT2D eigenvalue weighted by molar-refractivity contribution is 0.363. The molecule has 0 aliphatic heterocycles. The van der Waals surface area contributed by atoms with E-state index in [0.717, 1.165) is 22.8 Å². The summed E-state index contributed by atoms with van der Waals surface area (Å²) in [7, 11) is 4.01. The molecule has 0 aromatic heterocycles. The number of azo groups is 1. The first-order chi connectivity index (χ1) is 10.2. The van der Waals surface area contributed by atoms with Gasteiger partial charge < -0.3 is 9.64 Å². The van der Waals surface area contributed by atoms with Crippen molar-refractivity contribution in [3.05, 3.63) is 61.2 Å². The van der Waals surface area contributed by atoms with E-state index in [1.54, 1.807) is 6.08 Å². The van der Waals surface area contributed by atoms with Crippen molar-refractivity contribution in [3.63, 3.8) is 0 Å². The second kappa shape index (κ2) is 7.24. The molecule has 108 valence electrons. The molecule has 0 spiro atoms. The summed E-state index contributed by atoms with van der Waals surface area (Å²) >= 11 is 0. The maximum absolute atomic E-state index is 5.41. The lowest BCUT2D eigenvalue weighted by Crippen LogP contribution is -2.07. The Bertz CT molecular complexity index is 601. The Hall–Kier alpha value is -2.62. The maximum atomic E-state index is 5.41. The molecular weight excluding hydrogens is 262 g/mol. The van der Waals surface area contributed by atoms with Crippen molar-refractivity contribution in [3.8, 4) is 5.75 Å². The van der Waals surface area contributed by atoms with E-state index in [9.17, 15) is 0 Å². The van der Waals surface area contributed by atoms with Gasteiger partial charge in [0.05, 0.1) is 11.4 Å². The molecule has 0 unspecified atom stereocenters. The first-order valence-electron chi connectivity index (χ1n) is 6.72. The van der Waals surface area contributed by atoms with Crippen molar-refractivity contribution in [2.45, 2.75) is 0 Å². The number of ether oxygens (including phenoxy) is 1. The van der Waals surface area contributed by atoms with Crippen LogP contribution in [-0.2, 0) is 0 Å². The average Bonchev–Trinajstić information content (AvgIpc) is 2.52. The van der Waals surface area contributed by atoms with Crippen LogP contribution in [0.3, 0.4) is 0 Å². The van der Waals surface area contributed by atoms with Crippen LogP contribution in [0.4, 0.5) is 17.1 Å². The van der Waals surface area contributed by atoms with Crippen LogP contribution in [0, 0.1) is 0 Å². The Labute approximate surface area is 125 Å². The maximum Gasteiger partial charge on any atom is 0.119 e. The van der Waals surface area contributed by atoms with Crippen LogP contribution in [0.5, 0.6) is 5.75 Å². The van der Waals surface area contributed by atoms with Crippen molar-refractivity contribution in [2.75, 3.05) is 25.6 Å². The van der Waals surface area contributed by atoms with Gasteiger partial charge >= 0.3 is 0 Å². The summed E-state index contributed by atoms with van der Waals surface area (Å²) < 4.78 is 5.41. The van der Waals surface area contributed by atoms with E-state index in [-0.39, 0.29) is 0 Å². The van der Waals surface area contributed by atoms with Gasteiger partial charge in [-0.15, -0.1) is 0 Å². The van der Waals surface area contributed by atoms with Crippen molar-refractivity contribution >= 4 is 17.1 Å². The van der Waals surface area contributed by atoms with E-state index < -0.39 is 0 Å². The van der Waals surface area contributed by atoms with E-state index in [2.05, 4.69) is 16.8 Å². The minimum Gasteiger partial charge on any atom is -0.490 e. The zero-order valence-electron chi connectivity index (χ0n) is 12.4. The quantitative estimate of drug-likeness (QED) is 0.567. The van der Waals surface area contributed by atoms with Gasteiger partial charge in [-0.2, -0.15) is 10.2 Å². The van der Waals surface area contributed by atoms with Gasteiger partial charge in [-0.05, 0) is 48.5 Å². The van der Waals surface area contributed by atoms with Crippen molar-refractivity contribution < 1.29 is 4.74 Å². The molecule has 2 aromatic carbocycles. The summed E-state index contributed by atoms with van der Waals surface area (Å²) in [5.74, 6) is 0.796. The third-order valence-corrected chi connectivity index (χ3v) is 2.85. The Balaban J connectivity index is 2.01. The molecule has 4 nitrogen and oxygen atoms in total. The number of hydrogen-bond acceptors (Lipinski definition) is 4. The highest BCUT2D eigenvalue weighted by Crippen LogP contribution is 2.22. The number of hydrogen-bond donors (Lipinski definition) is 0. The SMILES string of the molecule is C=CCOc1ccc(/N=N/c2ccc(N(C)C)cc2)cc1. The molecule has 21 heavy (non-hydrogen) atoms. The van der Waals surface area contributed by atoms with Crippen molar-refractivity contribution in [1.29, 1.82) is 0 Å². The van der Waals surface area contributed by atoms with Crippen LogP contribution in [0.2, 0.25) is 0 Å². The highest BCUT2D eigenvalue weighted by molar-refractivity contribution is 5.52. The predicted molar refractivity (Wildman–Crippen MR) is 87.1 cm³/mol. The zero-order chi connectivity index (χ0) is 15.1. The third-order valence-electron chi connectivity index (χ3n) is 2.85. The van der Waals surface area contributed by atoms with Gasteiger partial charge in [-0.1, -0.05) is 12.7 Å². The topological polar surface area (TPSA) is 37.2 Å². The zero-order valence-corrected chi connectivity index (χ0v) is 12.4. The van der Waals surface area contributed by atoms with Gasteiger partial charge in [0.25, 0.3) is 0 Å². The van der Waals surface area contributed by atoms with Crippen LogP contribution in [-0.4, -0.2) is 20.7 Å². The first kappa shape index (κ1) is 14.8. The van der Waals surface area contributed by atoms with E-state index in [1.807, 2.05) is 67.5 Å². The lowest BCUT2D eigenvalue weighted by Gasteiger charge is -2.11. The number of anilines is 1. The largest absolute Gasteiger partial charge is 0.490 e. The second-order valence-corrected chi connectivity index (χ2v) is 4.70. The van der Waals surface area contributed by atoms with Crippen molar-refractivity contribution in [2.24, 2.45) is 10.2 Å².